The maximum absolute atomic E-state index is 11.2. The molecule has 0 bridgehead atoms. The van der Waals surface area contributed by atoms with E-state index < -0.39 is 10.2 Å². The minimum Gasteiger partial charge on any atom is -0.381 e. The first kappa shape index (κ1) is 10.3. The Morgan fingerprint density at radius 1 is 1.40 bits per heavy atom. The van der Waals surface area contributed by atoms with Crippen LogP contribution in [0.5, 0.6) is 0 Å². The third kappa shape index (κ3) is 1.79. The van der Waals surface area contributed by atoms with E-state index in [0.29, 0.717) is 10.3 Å². The van der Waals surface area contributed by atoms with Crippen LogP contribution in [-0.4, -0.2) is 24.2 Å². The van der Waals surface area contributed by atoms with Crippen LogP contribution in [0.1, 0.15) is 11.4 Å². The van der Waals surface area contributed by atoms with Gasteiger partial charge in [0.15, 0.2) is 17.3 Å². The summed E-state index contributed by atoms with van der Waals surface area (Å²) < 4.78 is 28.2. The highest BCUT2D eigenvalue weighted by molar-refractivity contribution is 9.10. The van der Waals surface area contributed by atoms with Crippen LogP contribution in [0.25, 0.3) is 0 Å². The minimum atomic E-state index is -3.78. The van der Waals surface area contributed by atoms with Crippen molar-refractivity contribution in [1.82, 2.24) is 9.97 Å². The summed E-state index contributed by atoms with van der Waals surface area (Å²) in [5.74, 6) is -0.0693. The summed E-state index contributed by atoms with van der Waals surface area (Å²) >= 11 is 3.17. The molecule has 0 amide bonds. The van der Waals surface area contributed by atoms with Crippen molar-refractivity contribution in [3.05, 3.63) is 16.0 Å². The molecule has 2 rings (SSSR count). The smallest absolute Gasteiger partial charge is 0.345 e. The van der Waals surface area contributed by atoms with Gasteiger partial charge in [0.1, 0.15) is 4.60 Å². The van der Waals surface area contributed by atoms with Crippen molar-refractivity contribution in [1.29, 1.82) is 0 Å². The standard InChI is InChI=1S/C6H6BrN5O2S/c1-2-4(7)10-3-5(8)11-15(13,14)12-6(3)9-2/h1H3,(H2,8,11)(H,9,12). The van der Waals surface area contributed by atoms with Crippen molar-refractivity contribution in [2.45, 2.75) is 6.92 Å². The first-order valence-corrected chi connectivity index (χ1v) is 6.05. The number of nitrogens with one attached hydrogen (secondary N) is 1. The number of aromatic nitrogens is 2. The number of rotatable bonds is 0. The van der Waals surface area contributed by atoms with Gasteiger partial charge in [-0.05, 0) is 22.9 Å². The normalized spacial score (nSPS) is 17.6. The molecule has 0 radical (unpaired) electrons. The van der Waals surface area contributed by atoms with Crippen molar-refractivity contribution < 1.29 is 8.42 Å². The number of aryl methyl sites for hydroxylation is 1. The molecule has 1 aliphatic heterocycles. The Hall–Kier alpha value is -1.22. The van der Waals surface area contributed by atoms with E-state index in [2.05, 4.69) is 35.0 Å². The highest BCUT2D eigenvalue weighted by Crippen LogP contribution is 2.21. The number of hydrogen-bond acceptors (Lipinski definition) is 5. The maximum Gasteiger partial charge on any atom is 0.345 e. The number of hydrogen-bond donors (Lipinski definition) is 2. The van der Waals surface area contributed by atoms with Crippen molar-refractivity contribution in [3.8, 4) is 0 Å². The quantitative estimate of drug-likeness (QED) is 0.695. The van der Waals surface area contributed by atoms with E-state index in [4.69, 9.17) is 5.73 Å². The molecule has 9 heteroatoms. The van der Waals surface area contributed by atoms with Gasteiger partial charge in [-0.2, -0.15) is 8.42 Å². The van der Waals surface area contributed by atoms with Crippen LogP contribution in [0.4, 0.5) is 5.82 Å². The number of amidine groups is 1. The van der Waals surface area contributed by atoms with E-state index in [9.17, 15) is 8.42 Å². The molecule has 15 heavy (non-hydrogen) atoms. The molecule has 0 saturated heterocycles. The molecule has 0 fully saturated rings. The molecule has 0 aromatic carbocycles. The fourth-order valence-corrected chi connectivity index (χ4v) is 2.11. The Kier molecular flexibility index (Phi) is 2.15. The molecule has 1 aromatic rings. The van der Waals surface area contributed by atoms with E-state index in [1.807, 2.05) is 0 Å². The highest BCUT2D eigenvalue weighted by atomic mass is 79.9. The van der Waals surface area contributed by atoms with Crippen LogP contribution in [0.15, 0.2) is 9.00 Å². The lowest BCUT2D eigenvalue weighted by atomic mass is 10.3. The Balaban J connectivity index is 2.71. The fourth-order valence-electron chi connectivity index (χ4n) is 1.07. The van der Waals surface area contributed by atoms with Crippen molar-refractivity contribution in [3.63, 3.8) is 0 Å². The number of nitrogens with zero attached hydrogens (tertiary/aromatic N) is 3. The lowest BCUT2D eigenvalue weighted by molar-refractivity contribution is 0.602. The van der Waals surface area contributed by atoms with Crippen LogP contribution in [0.3, 0.4) is 0 Å². The van der Waals surface area contributed by atoms with Crippen LogP contribution < -0.4 is 10.5 Å². The average molecular weight is 292 g/mol. The average Bonchev–Trinajstić information content (AvgIpc) is 2.07. The minimum absolute atomic E-state index is 0.100. The predicted molar refractivity (Wildman–Crippen MR) is 57.7 cm³/mol. The van der Waals surface area contributed by atoms with Gasteiger partial charge in [0.2, 0.25) is 0 Å². The lowest BCUT2D eigenvalue weighted by Gasteiger charge is -2.14. The second-order valence-corrected chi connectivity index (χ2v) is 4.94. The second kappa shape index (κ2) is 3.14. The van der Waals surface area contributed by atoms with Gasteiger partial charge in [-0.15, -0.1) is 4.40 Å². The van der Waals surface area contributed by atoms with Gasteiger partial charge in [-0.3, -0.25) is 0 Å². The van der Waals surface area contributed by atoms with Crippen LogP contribution in [0, 0.1) is 6.92 Å². The summed E-state index contributed by atoms with van der Waals surface area (Å²) in [5, 5.41) is 0. The van der Waals surface area contributed by atoms with Gasteiger partial charge in [0.25, 0.3) is 0 Å². The highest BCUT2D eigenvalue weighted by Gasteiger charge is 2.24. The summed E-state index contributed by atoms with van der Waals surface area (Å²) in [6, 6.07) is 0. The molecule has 0 atom stereocenters. The van der Waals surface area contributed by atoms with Gasteiger partial charge < -0.3 is 5.73 Å². The molecule has 0 saturated carbocycles. The maximum atomic E-state index is 11.2. The molecule has 1 aromatic heterocycles. The number of nitrogens with two attached hydrogens (primary N) is 1. The van der Waals surface area contributed by atoms with Crippen LogP contribution in [-0.2, 0) is 10.2 Å². The van der Waals surface area contributed by atoms with E-state index in [-0.39, 0.29) is 17.3 Å². The largest absolute Gasteiger partial charge is 0.381 e. The molecular formula is C6H6BrN5O2S. The third-order valence-corrected chi connectivity index (χ3v) is 3.34. The summed E-state index contributed by atoms with van der Waals surface area (Å²) in [5.41, 5.74) is 6.23. The topological polar surface area (TPSA) is 110 Å². The molecular weight excluding hydrogens is 286 g/mol. The third-order valence-electron chi connectivity index (χ3n) is 1.70. The number of anilines is 1. The summed E-state index contributed by atoms with van der Waals surface area (Å²) in [7, 11) is -3.78. The van der Waals surface area contributed by atoms with E-state index in [0.717, 1.165) is 0 Å². The molecule has 80 valence electrons. The van der Waals surface area contributed by atoms with Gasteiger partial charge in [-0.1, -0.05) is 0 Å². The monoisotopic (exact) mass is 291 g/mol. The molecule has 0 spiro atoms. The summed E-state index contributed by atoms with van der Waals surface area (Å²) in [4.78, 5) is 8.03. The SMILES string of the molecule is Cc1nc2c(nc1Br)C(N)=NS(=O)(=O)N2. The Morgan fingerprint density at radius 2 is 2.07 bits per heavy atom. The fraction of sp³-hybridized carbons (Fsp3) is 0.167. The van der Waals surface area contributed by atoms with Crippen molar-refractivity contribution in [2.75, 3.05) is 4.72 Å². The Bertz CT molecular complexity index is 567. The van der Waals surface area contributed by atoms with E-state index in [1.165, 1.54) is 0 Å². The Labute approximate surface area is 94.1 Å². The zero-order valence-corrected chi connectivity index (χ0v) is 9.92. The number of fused-ring (bicyclic) bond motifs is 1. The summed E-state index contributed by atoms with van der Waals surface area (Å²) in [6.07, 6.45) is 0. The van der Waals surface area contributed by atoms with Crippen molar-refractivity contribution in [2.24, 2.45) is 10.1 Å². The van der Waals surface area contributed by atoms with Crippen LogP contribution in [0.2, 0.25) is 0 Å². The van der Waals surface area contributed by atoms with Gasteiger partial charge >= 0.3 is 10.2 Å². The molecule has 3 N–H and O–H groups in total. The van der Waals surface area contributed by atoms with Gasteiger partial charge in [-0.25, -0.2) is 14.7 Å². The van der Waals surface area contributed by atoms with Gasteiger partial charge in [0, 0.05) is 0 Å². The van der Waals surface area contributed by atoms with Crippen LogP contribution >= 0.6 is 15.9 Å². The zero-order chi connectivity index (χ0) is 11.2. The Morgan fingerprint density at radius 3 is 2.73 bits per heavy atom. The molecule has 0 unspecified atom stereocenters. The first-order chi connectivity index (χ1) is 6.89. The first-order valence-electron chi connectivity index (χ1n) is 3.82. The molecule has 7 nitrogen and oxygen atoms in total. The van der Waals surface area contributed by atoms with Gasteiger partial charge in [0.05, 0.1) is 5.69 Å². The number of halogens is 1. The lowest BCUT2D eigenvalue weighted by Crippen LogP contribution is -2.28. The second-order valence-electron chi connectivity index (χ2n) is 2.85. The van der Waals surface area contributed by atoms with Crippen molar-refractivity contribution >= 4 is 37.8 Å². The molecule has 2 heterocycles. The predicted octanol–water partition coefficient (Wildman–Crippen LogP) is -0.0769. The zero-order valence-electron chi connectivity index (χ0n) is 7.52. The molecule has 1 aliphatic rings. The molecule has 0 aliphatic carbocycles. The van der Waals surface area contributed by atoms with E-state index in [1.54, 1.807) is 6.92 Å². The van der Waals surface area contributed by atoms with E-state index >= 15 is 0 Å². The summed E-state index contributed by atoms with van der Waals surface area (Å²) in [6.45, 7) is 1.69.